The molecule has 3 rings (SSSR count). The van der Waals surface area contributed by atoms with Crippen molar-refractivity contribution in [1.82, 2.24) is 9.97 Å². The van der Waals surface area contributed by atoms with Crippen molar-refractivity contribution in [3.8, 4) is 11.5 Å². The van der Waals surface area contributed by atoms with Gasteiger partial charge >= 0.3 is 0 Å². The van der Waals surface area contributed by atoms with Crippen molar-refractivity contribution in [2.24, 2.45) is 0 Å². The normalized spacial score (nSPS) is 10.5. The van der Waals surface area contributed by atoms with Crippen LogP contribution in [-0.2, 0) is 11.2 Å². The number of H-pyrrole nitrogens is 1. The molecule has 7 heteroatoms. The van der Waals surface area contributed by atoms with E-state index in [2.05, 4.69) is 15.3 Å². The number of carbonyl (C=O) groups is 1. The molecule has 0 unspecified atom stereocenters. The highest BCUT2D eigenvalue weighted by atomic mass is 16.5. The number of para-hydroxylation sites is 2. The lowest BCUT2D eigenvalue weighted by molar-refractivity contribution is -0.116. The van der Waals surface area contributed by atoms with Crippen LogP contribution in [0.4, 0.5) is 5.69 Å². The second-order valence-electron chi connectivity index (χ2n) is 5.68. The van der Waals surface area contributed by atoms with E-state index < -0.39 is 0 Å². The smallest absolute Gasteiger partial charge is 0.270 e. The Kier molecular flexibility index (Phi) is 5.17. The minimum absolute atomic E-state index is 0.133. The number of benzene rings is 2. The van der Waals surface area contributed by atoms with E-state index >= 15 is 0 Å². The molecular formula is C19H19N3O4. The zero-order chi connectivity index (χ0) is 18.5. The molecule has 3 aromatic rings. The number of nitrogens with zero attached hydrogens (tertiary/aromatic N) is 1. The number of anilines is 1. The zero-order valence-corrected chi connectivity index (χ0v) is 14.5. The molecule has 1 aromatic heterocycles. The molecule has 0 atom stereocenters. The Morgan fingerprint density at radius 3 is 2.50 bits per heavy atom. The van der Waals surface area contributed by atoms with Crippen LogP contribution in [0.25, 0.3) is 11.0 Å². The van der Waals surface area contributed by atoms with Gasteiger partial charge in [0.25, 0.3) is 5.56 Å². The number of nitrogens with one attached hydrogen (secondary N) is 2. The number of aryl methyl sites for hydroxylation is 1. The number of hydrogen-bond donors (Lipinski definition) is 2. The number of rotatable bonds is 6. The van der Waals surface area contributed by atoms with Gasteiger partial charge in [-0.1, -0.05) is 12.1 Å². The molecule has 0 radical (unpaired) electrons. The molecule has 1 heterocycles. The third-order valence-electron chi connectivity index (χ3n) is 3.89. The lowest BCUT2D eigenvalue weighted by atomic mass is 10.2. The average Bonchev–Trinajstić information content (AvgIpc) is 2.65. The minimum atomic E-state index is -0.278. The lowest BCUT2D eigenvalue weighted by Crippen LogP contribution is -2.19. The minimum Gasteiger partial charge on any atom is -0.497 e. The highest BCUT2D eigenvalue weighted by Gasteiger charge is 2.10. The maximum Gasteiger partial charge on any atom is 0.270 e. The SMILES string of the molecule is COc1cc(NC(=O)CCc2nc3ccccc3[nH]c2=O)cc(OC)c1. The quantitative estimate of drug-likeness (QED) is 0.710. The molecule has 2 N–H and O–H groups in total. The third-order valence-corrected chi connectivity index (χ3v) is 3.89. The van der Waals surface area contributed by atoms with Crippen molar-refractivity contribution in [1.29, 1.82) is 0 Å². The Bertz CT molecular complexity index is 975. The molecule has 1 amide bonds. The summed E-state index contributed by atoms with van der Waals surface area (Å²) in [5, 5.41) is 2.78. The molecule has 0 fully saturated rings. The maximum atomic E-state index is 12.2. The fourth-order valence-electron chi connectivity index (χ4n) is 2.57. The van der Waals surface area contributed by atoms with E-state index in [1.165, 1.54) is 14.2 Å². The molecule has 2 aromatic carbocycles. The predicted molar refractivity (Wildman–Crippen MR) is 98.9 cm³/mol. The van der Waals surface area contributed by atoms with E-state index in [9.17, 15) is 9.59 Å². The van der Waals surface area contributed by atoms with Gasteiger partial charge in [-0.15, -0.1) is 0 Å². The molecule has 0 aliphatic carbocycles. The summed E-state index contributed by atoms with van der Waals surface area (Å²) in [6.45, 7) is 0. The molecule has 7 nitrogen and oxygen atoms in total. The highest BCUT2D eigenvalue weighted by Crippen LogP contribution is 2.25. The summed E-state index contributed by atoms with van der Waals surface area (Å²) >= 11 is 0. The van der Waals surface area contributed by atoms with Crippen LogP contribution in [0.15, 0.2) is 47.3 Å². The highest BCUT2D eigenvalue weighted by molar-refractivity contribution is 5.91. The average molecular weight is 353 g/mol. The van der Waals surface area contributed by atoms with Gasteiger partial charge in [0.2, 0.25) is 5.91 Å². The Balaban J connectivity index is 1.69. The van der Waals surface area contributed by atoms with E-state index in [0.29, 0.717) is 33.9 Å². The maximum absolute atomic E-state index is 12.2. The number of aromatic amines is 1. The molecule has 0 spiro atoms. The first-order valence-electron chi connectivity index (χ1n) is 8.10. The Labute approximate surface area is 150 Å². The predicted octanol–water partition coefficient (Wildman–Crippen LogP) is 2.51. The number of amides is 1. The summed E-state index contributed by atoms with van der Waals surface area (Å²) in [5.74, 6) is 0.925. The van der Waals surface area contributed by atoms with Crippen molar-refractivity contribution in [2.45, 2.75) is 12.8 Å². The Morgan fingerprint density at radius 2 is 1.81 bits per heavy atom. The van der Waals surface area contributed by atoms with E-state index in [1.807, 2.05) is 18.2 Å². The van der Waals surface area contributed by atoms with Crippen LogP contribution in [0.1, 0.15) is 12.1 Å². The number of aromatic nitrogens is 2. The Hall–Kier alpha value is -3.35. The lowest BCUT2D eigenvalue weighted by Gasteiger charge is -2.10. The molecule has 0 bridgehead atoms. The van der Waals surface area contributed by atoms with Crippen LogP contribution in [0, 0.1) is 0 Å². The van der Waals surface area contributed by atoms with Crippen molar-refractivity contribution in [3.63, 3.8) is 0 Å². The first kappa shape index (κ1) is 17.5. The van der Waals surface area contributed by atoms with Gasteiger partial charge in [0.1, 0.15) is 17.2 Å². The van der Waals surface area contributed by atoms with E-state index in [4.69, 9.17) is 9.47 Å². The standard InChI is InChI=1S/C19H19N3O4/c1-25-13-9-12(10-14(11-13)26-2)20-18(23)8-7-17-19(24)22-16-6-4-3-5-15(16)21-17/h3-6,9-11H,7-8H2,1-2H3,(H,20,23)(H,22,24). The molecule has 0 saturated carbocycles. The van der Waals surface area contributed by atoms with Crippen LogP contribution in [0.2, 0.25) is 0 Å². The summed E-state index contributed by atoms with van der Waals surface area (Å²) in [4.78, 5) is 31.4. The van der Waals surface area contributed by atoms with Crippen molar-refractivity contribution in [3.05, 3.63) is 58.5 Å². The number of fused-ring (bicyclic) bond motifs is 1. The monoisotopic (exact) mass is 353 g/mol. The van der Waals surface area contributed by atoms with Gasteiger partial charge in [0.05, 0.1) is 25.3 Å². The van der Waals surface area contributed by atoms with E-state index in [0.717, 1.165) is 0 Å². The topological polar surface area (TPSA) is 93.3 Å². The third kappa shape index (κ3) is 4.00. The van der Waals surface area contributed by atoms with E-state index in [1.54, 1.807) is 24.3 Å². The van der Waals surface area contributed by atoms with Crippen LogP contribution in [0.3, 0.4) is 0 Å². The fraction of sp³-hybridized carbons (Fsp3) is 0.211. The first-order chi connectivity index (χ1) is 12.6. The second-order valence-corrected chi connectivity index (χ2v) is 5.68. The number of methoxy groups -OCH3 is 2. The molecule has 0 aliphatic heterocycles. The summed E-state index contributed by atoms with van der Waals surface area (Å²) in [5.41, 5.74) is 1.99. The summed E-state index contributed by atoms with van der Waals surface area (Å²) < 4.78 is 10.4. The van der Waals surface area contributed by atoms with Crippen LogP contribution in [0.5, 0.6) is 11.5 Å². The van der Waals surface area contributed by atoms with Gasteiger partial charge in [-0.25, -0.2) is 4.98 Å². The van der Waals surface area contributed by atoms with Crippen molar-refractivity contribution >= 4 is 22.6 Å². The Morgan fingerprint density at radius 1 is 1.12 bits per heavy atom. The van der Waals surface area contributed by atoms with Crippen LogP contribution in [-0.4, -0.2) is 30.1 Å². The van der Waals surface area contributed by atoms with Gasteiger partial charge in [0.15, 0.2) is 0 Å². The molecule has 0 saturated heterocycles. The van der Waals surface area contributed by atoms with Crippen LogP contribution < -0.4 is 20.3 Å². The molecule has 0 aliphatic rings. The number of ether oxygens (including phenoxy) is 2. The molecule has 26 heavy (non-hydrogen) atoms. The van der Waals surface area contributed by atoms with Gasteiger partial charge in [0, 0.05) is 36.7 Å². The molecule has 134 valence electrons. The van der Waals surface area contributed by atoms with Crippen molar-refractivity contribution < 1.29 is 14.3 Å². The van der Waals surface area contributed by atoms with Gasteiger partial charge in [-0.05, 0) is 12.1 Å². The van der Waals surface area contributed by atoms with Gasteiger partial charge < -0.3 is 19.8 Å². The van der Waals surface area contributed by atoms with Gasteiger partial charge in [-0.3, -0.25) is 9.59 Å². The van der Waals surface area contributed by atoms with Crippen molar-refractivity contribution in [2.75, 3.05) is 19.5 Å². The summed E-state index contributed by atoms with van der Waals surface area (Å²) in [7, 11) is 3.08. The van der Waals surface area contributed by atoms with Gasteiger partial charge in [-0.2, -0.15) is 0 Å². The van der Waals surface area contributed by atoms with E-state index in [-0.39, 0.29) is 24.3 Å². The van der Waals surface area contributed by atoms with Crippen LogP contribution >= 0.6 is 0 Å². The zero-order valence-electron chi connectivity index (χ0n) is 14.5. The summed E-state index contributed by atoms with van der Waals surface area (Å²) in [6.07, 6.45) is 0.376. The number of hydrogen-bond acceptors (Lipinski definition) is 5. The summed E-state index contributed by atoms with van der Waals surface area (Å²) in [6, 6.07) is 12.4. The first-order valence-corrected chi connectivity index (χ1v) is 8.10. The molecular weight excluding hydrogens is 334 g/mol. The fourth-order valence-corrected chi connectivity index (χ4v) is 2.57. The second kappa shape index (κ2) is 7.69. The largest absolute Gasteiger partial charge is 0.497 e. The number of carbonyl (C=O) groups excluding carboxylic acids is 1.